The lowest BCUT2D eigenvalue weighted by molar-refractivity contribution is -0.144. The van der Waals surface area contributed by atoms with Gasteiger partial charge in [-0.3, -0.25) is 0 Å². The maximum atomic E-state index is 14.9. The quantitative estimate of drug-likeness (QED) is 0.126. The Kier molecular flexibility index (Phi) is 9.51. The number of carbonyl (C=O) groups excluding carboxylic acids is 2. The molecule has 0 aromatic heterocycles. The highest BCUT2D eigenvalue weighted by molar-refractivity contribution is 5.81. The van der Waals surface area contributed by atoms with Gasteiger partial charge in [-0.15, -0.1) is 0 Å². The Morgan fingerprint density at radius 1 is 0.750 bits per heavy atom. The van der Waals surface area contributed by atoms with Crippen LogP contribution in [-0.4, -0.2) is 25.3 Å². The van der Waals surface area contributed by atoms with Crippen LogP contribution < -0.4 is 4.74 Å². The van der Waals surface area contributed by atoms with Crippen LogP contribution in [0.15, 0.2) is 86.0 Å². The van der Waals surface area contributed by atoms with Crippen LogP contribution >= 0.6 is 0 Å². The predicted molar refractivity (Wildman–Crippen MR) is 133 cm³/mol. The number of esters is 2. The summed E-state index contributed by atoms with van der Waals surface area (Å²) in [5, 5.41) is 0. The van der Waals surface area contributed by atoms with Gasteiger partial charge in [0.25, 0.3) is 0 Å². The number of hydrogen-bond donors (Lipinski definition) is 0. The molecule has 36 heavy (non-hydrogen) atoms. The summed E-state index contributed by atoms with van der Waals surface area (Å²) in [7, 11) is 0. The standard InChI is InChI=1S/C29H26F2O5/c1-3-28(32)34-16-6-5-7-20-8-14-25(26(30)17-20)22-11-15-24(27(31)18-22)21-9-12-23(13-10-21)35-19-36-29(33)4-2/h3-4,8-15,17-18H,1-2,5-7,16,19H2. The first kappa shape index (κ1) is 26.3. The van der Waals surface area contributed by atoms with Gasteiger partial charge < -0.3 is 14.2 Å². The fourth-order valence-corrected chi connectivity index (χ4v) is 3.47. The number of rotatable bonds is 12. The molecule has 0 saturated carbocycles. The molecule has 3 rings (SSSR count). The van der Waals surface area contributed by atoms with E-state index in [2.05, 4.69) is 13.2 Å². The maximum absolute atomic E-state index is 14.9. The molecule has 3 aromatic carbocycles. The van der Waals surface area contributed by atoms with Crippen LogP contribution in [0.1, 0.15) is 18.4 Å². The van der Waals surface area contributed by atoms with Gasteiger partial charge in [-0.05, 0) is 60.2 Å². The van der Waals surface area contributed by atoms with E-state index in [9.17, 15) is 18.4 Å². The topological polar surface area (TPSA) is 61.8 Å². The van der Waals surface area contributed by atoms with Crippen LogP contribution in [-0.2, 0) is 25.5 Å². The second kappa shape index (κ2) is 13.0. The molecule has 0 fully saturated rings. The SMILES string of the molecule is C=CC(=O)OCCCCc1ccc(-c2ccc(-c3ccc(OCOC(=O)C=C)cc3)c(F)c2)c(F)c1. The van der Waals surface area contributed by atoms with Gasteiger partial charge in [-0.1, -0.05) is 49.6 Å². The van der Waals surface area contributed by atoms with Gasteiger partial charge in [0.2, 0.25) is 6.79 Å². The Labute approximate surface area is 208 Å². The van der Waals surface area contributed by atoms with Crippen molar-refractivity contribution >= 4 is 11.9 Å². The molecule has 0 amide bonds. The molecule has 3 aromatic rings. The van der Waals surface area contributed by atoms with Crippen molar-refractivity contribution in [2.75, 3.05) is 13.4 Å². The lowest BCUT2D eigenvalue weighted by atomic mass is 9.97. The molecule has 0 unspecified atom stereocenters. The highest BCUT2D eigenvalue weighted by Gasteiger charge is 2.11. The molecule has 0 atom stereocenters. The summed E-state index contributed by atoms with van der Waals surface area (Å²) in [5.41, 5.74) is 2.52. The van der Waals surface area contributed by atoms with Gasteiger partial charge in [0.1, 0.15) is 17.4 Å². The average Bonchev–Trinajstić information content (AvgIpc) is 2.88. The van der Waals surface area contributed by atoms with E-state index in [4.69, 9.17) is 14.2 Å². The van der Waals surface area contributed by atoms with Crippen molar-refractivity contribution in [1.82, 2.24) is 0 Å². The van der Waals surface area contributed by atoms with Crippen molar-refractivity contribution in [3.05, 3.63) is 103 Å². The first-order valence-corrected chi connectivity index (χ1v) is 11.3. The van der Waals surface area contributed by atoms with Crippen molar-refractivity contribution in [2.45, 2.75) is 19.3 Å². The highest BCUT2D eigenvalue weighted by Crippen LogP contribution is 2.31. The third-order valence-electron chi connectivity index (χ3n) is 5.34. The van der Waals surface area contributed by atoms with Gasteiger partial charge in [0.05, 0.1) is 6.61 Å². The molecule has 0 aliphatic rings. The minimum Gasteiger partial charge on any atom is -0.463 e. The van der Waals surface area contributed by atoms with E-state index >= 15 is 0 Å². The smallest absolute Gasteiger partial charge is 0.333 e. The summed E-state index contributed by atoms with van der Waals surface area (Å²) < 4.78 is 44.7. The fourth-order valence-electron chi connectivity index (χ4n) is 3.47. The summed E-state index contributed by atoms with van der Waals surface area (Å²) >= 11 is 0. The van der Waals surface area contributed by atoms with Crippen LogP contribution in [0.25, 0.3) is 22.3 Å². The molecule has 0 radical (unpaired) electrons. The maximum Gasteiger partial charge on any atom is 0.333 e. The fraction of sp³-hybridized carbons (Fsp3) is 0.172. The van der Waals surface area contributed by atoms with E-state index in [1.807, 2.05) is 6.07 Å². The Morgan fingerprint density at radius 3 is 2.03 bits per heavy atom. The van der Waals surface area contributed by atoms with Crippen LogP contribution in [0.5, 0.6) is 5.75 Å². The van der Waals surface area contributed by atoms with Crippen molar-refractivity contribution in [1.29, 1.82) is 0 Å². The monoisotopic (exact) mass is 492 g/mol. The van der Waals surface area contributed by atoms with Crippen molar-refractivity contribution in [3.63, 3.8) is 0 Å². The molecule has 0 aliphatic heterocycles. The number of hydrogen-bond acceptors (Lipinski definition) is 5. The lowest BCUT2D eigenvalue weighted by Gasteiger charge is -2.10. The second-order valence-electron chi connectivity index (χ2n) is 7.79. The number of aryl methyl sites for hydroxylation is 1. The molecular weight excluding hydrogens is 466 g/mol. The van der Waals surface area contributed by atoms with Gasteiger partial charge in [-0.25, -0.2) is 18.4 Å². The van der Waals surface area contributed by atoms with Crippen LogP contribution in [0.4, 0.5) is 8.78 Å². The molecule has 186 valence electrons. The first-order valence-electron chi connectivity index (χ1n) is 11.3. The van der Waals surface area contributed by atoms with Crippen molar-refractivity contribution < 1.29 is 32.6 Å². The number of halogens is 2. The molecule has 0 saturated heterocycles. The van der Waals surface area contributed by atoms with E-state index in [1.54, 1.807) is 42.5 Å². The zero-order valence-electron chi connectivity index (χ0n) is 19.7. The van der Waals surface area contributed by atoms with E-state index in [0.717, 1.165) is 24.1 Å². The van der Waals surface area contributed by atoms with Gasteiger partial charge >= 0.3 is 11.9 Å². The Bertz CT molecular complexity index is 1230. The van der Waals surface area contributed by atoms with Crippen LogP contribution in [0, 0.1) is 11.6 Å². The predicted octanol–water partition coefficient (Wildman–Crippen LogP) is 6.42. The third kappa shape index (κ3) is 7.37. The summed E-state index contributed by atoms with van der Waals surface area (Å²) in [6.07, 6.45) is 4.17. The average molecular weight is 493 g/mol. The number of ether oxygens (including phenoxy) is 3. The normalized spacial score (nSPS) is 10.4. The van der Waals surface area contributed by atoms with Crippen LogP contribution in [0.3, 0.4) is 0 Å². The Hall–Kier alpha value is -4.26. The van der Waals surface area contributed by atoms with Crippen molar-refractivity contribution in [3.8, 4) is 28.0 Å². The largest absolute Gasteiger partial charge is 0.463 e. The number of carbonyl (C=O) groups is 2. The summed E-state index contributed by atoms with van der Waals surface area (Å²) in [5.74, 6) is -1.52. The third-order valence-corrected chi connectivity index (χ3v) is 5.34. The number of unbranched alkanes of at least 4 members (excludes halogenated alkanes) is 1. The summed E-state index contributed by atoms with van der Waals surface area (Å²) in [4.78, 5) is 22.1. The molecule has 0 heterocycles. The Morgan fingerprint density at radius 2 is 1.36 bits per heavy atom. The second-order valence-corrected chi connectivity index (χ2v) is 7.79. The lowest BCUT2D eigenvalue weighted by Crippen LogP contribution is -2.07. The van der Waals surface area contributed by atoms with E-state index in [0.29, 0.717) is 40.8 Å². The van der Waals surface area contributed by atoms with E-state index in [1.165, 1.54) is 12.1 Å². The minimum atomic E-state index is -0.594. The van der Waals surface area contributed by atoms with Gasteiger partial charge in [0, 0.05) is 23.3 Å². The van der Waals surface area contributed by atoms with Crippen LogP contribution in [0.2, 0.25) is 0 Å². The zero-order valence-corrected chi connectivity index (χ0v) is 19.7. The molecule has 7 heteroatoms. The first-order chi connectivity index (χ1) is 17.4. The zero-order chi connectivity index (χ0) is 25.9. The minimum absolute atomic E-state index is 0.261. The number of benzene rings is 3. The molecule has 0 bridgehead atoms. The molecule has 0 N–H and O–H groups in total. The van der Waals surface area contributed by atoms with E-state index < -0.39 is 23.6 Å². The Balaban J connectivity index is 1.62. The van der Waals surface area contributed by atoms with Gasteiger partial charge in [0.15, 0.2) is 0 Å². The molecular formula is C29H26F2O5. The molecule has 0 aliphatic carbocycles. The van der Waals surface area contributed by atoms with Gasteiger partial charge in [-0.2, -0.15) is 0 Å². The summed E-state index contributed by atoms with van der Waals surface area (Å²) in [6.45, 7) is 6.66. The summed E-state index contributed by atoms with van der Waals surface area (Å²) in [6, 6.07) is 16.1. The highest BCUT2D eigenvalue weighted by atomic mass is 19.1. The molecule has 5 nitrogen and oxygen atoms in total. The molecule has 0 spiro atoms. The van der Waals surface area contributed by atoms with Crippen molar-refractivity contribution in [2.24, 2.45) is 0 Å². The van der Waals surface area contributed by atoms with E-state index in [-0.39, 0.29) is 13.4 Å².